The molecule has 1 aliphatic heterocycles. The van der Waals surface area contributed by atoms with Crippen LogP contribution in [0, 0.1) is 23.7 Å². The second kappa shape index (κ2) is 5.51. The van der Waals surface area contributed by atoms with Gasteiger partial charge in [-0.05, 0) is 54.9 Å². The number of hydrogen-bond acceptors (Lipinski definition) is 4. The van der Waals surface area contributed by atoms with Crippen molar-refractivity contribution < 1.29 is 19.0 Å². The molecule has 3 fully saturated rings. The summed E-state index contributed by atoms with van der Waals surface area (Å²) in [6, 6.07) is 4.22. The number of hydrogen-bond donors (Lipinski definition) is 0. The molecule has 1 aromatic rings. The number of methoxy groups -OCH3 is 2. The van der Waals surface area contributed by atoms with E-state index in [9.17, 15) is 4.79 Å². The summed E-state index contributed by atoms with van der Waals surface area (Å²) < 4.78 is 17.2. The Morgan fingerprint density at radius 3 is 2.69 bits per heavy atom. The van der Waals surface area contributed by atoms with E-state index in [4.69, 9.17) is 14.2 Å². The fourth-order valence-electron chi connectivity index (χ4n) is 6.64. The van der Waals surface area contributed by atoms with Gasteiger partial charge in [-0.1, -0.05) is 6.08 Å². The molecule has 1 aromatic carbocycles. The van der Waals surface area contributed by atoms with Crippen LogP contribution in [0.15, 0.2) is 24.8 Å². The molecular formula is C22H26O4. The molecule has 1 saturated heterocycles. The summed E-state index contributed by atoms with van der Waals surface area (Å²) in [4.78, 5) is 12.9. The summed E-state index contributed by atoms with van der Waals surface area (Å²) in [5.41, 5.74) is 2.30. The summed E-state index contributed by atoms with van der Waals surface area (Å²) in [6.45, 7) is 4.03. The number of carbonyl (C=O) groups excluding carboxylic acids is 1. The molecule has 0 radical (unpaired) electrons. The molecule has 5 rings (SSSR count). The molecule has 138 valence electrons. The zero-order chi connectivity index (χ0) is 18.1. The fourth-order valence-corrected chi connectivity index (χ4v) is 6.64. The Hall–Kier alpha value is -1.97. The van der Waals surface area contributed by atoms with Gasteiger partial charge in [0.05, 0.1) is 20.1 Å². The van der Waals surface area contributed by atoms with E-state index in [1.54, 1.807) is 14.2 Å². The topological polar surface area (TPSA) is 44.8 Å². The van der Waals surface area contributed by atoms with Crippen LogP contribution < -0.4 is 9.47 Å². The average Bonchev–Trinajstić information content (AvgIpc) is 3.17. The highest BCUT2D eigenvalue weighted by Gasteiger charge is 2.67. The average molecular weight is 354 g/mol. The summed E-state index contributed by atoms with van der Waals surface area (Å²) in [6.07, 6.45) is 7.26. The van der Waals surface area contributed by atoms with Gasteiger partial charge in [-0.2, -0.15) is 0 Å². The van der Waals surface area contributed by atoms with Crippen molar-refractivity contribution in [2.45, 2.75) is 43.6 Å². The lowest BCUT2D eigenvalue weighted by Gasteiger charge is -2.47. The first-order chi connectivity index (χ1) is 12.6. The van der Waals surface area contributed by atoms with Gasteiger partial charge in [0.25, 0.3) is 0 Å². The second-order valence-corrected chi connectivity index (χ2v) is 8.35. The van der Waals surface area contributed by atoms with Crippen molar-refractivity contribution in [3.05, 3.63) is 35.9 Å². The maximum absolute atomic E-state index is 12.9. The van der Waals surface area contributed by atoms with Gasteiger partial charge in [-0.25, -0.2) is 0 Å². The number of benzene rings is 1. The molecular weight excluding hydrogens is 328 g/mol. The summed E-state index contributed by atoms with van der Waals surface area (Å²) in [5, 5.41) is 0. The molecule has 1 spiro atoms. The van der Waals surface area contributed by atoms with Gasteiger partial charge in [0.2, 0.25) is 0 Å². The Morgan fingerprint density at radius 2 is 1.96 bits per heavy atom. The lowest BCUT2D eigenvalue weighted by molar-refractivity contribution is -0.154. The molecule has 0 amide bonds. The van der Waals surface area contributed by atoms with Crippen LogP contribution in [-0.2, 0) is 16.0 Å². The molecule has 0 unspecified atom stereocenters. The van der Waals surface area contributed by atoms with Gasteiger partial charge in [-0.3, -0.25) is 4.79 Å². The molecule has 6 atom stereocenters. The Labute approximate surface area is 154 Å². The minimum Gasteiger partial charge on any atom is -0.493 e. The zero-order valence-corrected chi connectivity index (χ0v) is 15.5. The third-order valence-electron chi connectivity index (χ3n) is 7.62. The van der Waals surface area contributed by atoms with Gasteiger partial charge >= 0.3 is 5.97 Å². The van der Waals surface area contributed by atoms with Crippen LogP contribution >= 0.6 is 0 Å². The maximum Gasteiger partial charge on any atom is 0.310 e. The molecule has 4 aliphatic rings. The van der Waals surface area contributed by atoms with E-state index in [2.05, 4.69) is 18.7 Å². The van der Waals surface area contributed by atoms with Gasteiger partial charge in [0.1, 0.15) is 5.60 Å². The van der Waals surface area contributed by atoms with Crippen molar-refractivity contribution >= 4 is 5.97 Å². The van der Waals surface area contributed by atoms with Crippen molar-refractivity contribution in [3.8, 4) is 11.5 Å². The van der Waals surface area contributed by atoms with E-state index in [0.717, 1.165) is 43.6 Å². The third kappa shape index (κ3) is 1.88. The van der Waals surface area contributed by atoms with Gasteiger partial charge in [0, 0.05) is 24.2 Å². The Bertz CT molecular complexity index is 785. The monoisotopic (exact) mass is 354 g/mol. The van der Waals surface area contributed by atoms with Crippen LogP contribution in [0.5, 0.6) is 11.5 Å². The van der Waals surface area contributed by atoms with E-state index in [1.165, 1.54) is 11.1 Å². The van der Waals surface area contributed by atoms with Crippen molar-refractivity contribution in [3.63, 3.8) is 0 Å². The second-order valence-electron chi connectivity index (χ2n) is 8.35. The van der Waals surface area contributed by atoms with Gasteiger partial charge in [-0.15, -0.1) is 6.58 Å². The van der Waals surface area contributed by atoms with E-state index < -0.39 is 0 Å². The van der Waals surface area contributed by atoms with Gasteiger partial charge in [0.15, 0.2) is 11.5 Å². The van der Waals surface area contributed by atoms with Crippen LogP contribution in [0.3, 0.4) is 0 Å². The van der Waals surface area contributed by atoms with E-state index in [1.807, 2.05) is 6.08 Å². The molecule has 0 N–H and O–H groups in total. The van der Waals surface area contributed by atoms with Crippen LogP contribution in [-0.4, -0.2) is 25.8 Å². The van der Waals surface area contributed by atoms with E-state index >= 15 is 0 Å². The number of fused-ring (bicyclic) bond motifs is 6. The Kier molecular flexibility index (Phi) is 3.44. The van der Waals surface area contributed by atoms with Crippen LogP contribution in [0.2, 0.25) is 0 Å². The molecule has 0 aromatic heterocycles. The number of esters is 1. The number of ether oxygens (including phenoxy) is 3. The van der Waals surface area contributed by atoms with Crippen molar-refractivity contribution in [1.29, 1.82) is 0 Å². The Morgan fingerprint density at radius 1 is 1.19 bits per heavy atom. The van der Waals surface area contributed by atoms with Crippen molar-refractivity contribution in [1.82, 2.24) is 0 Å². The predicted octanol–water partition coefficient (Wildman–Crippen LogP) is 3.88. The highest BCUT2D eigenvalue weighted by Crippen LogP contribution is 2.65. The first kappa shape index (κ1) is 16.2. The molecule has 4 nitrogen and oxygen atoms in total. The standard InChI is InChI=1S/C22H26O4/c1-4-13-6-8-17-14-7-5-12-9-18(24-2)19(25-3)10-15(12)20(14)16-11-22(13,17)26-21(16)23/h4,9-10,13-14,16-17,20H,1,5-8,11H2,2-3H3/t13-,14+,16+,17+,20+,22+/m0/s1. The smallest absolute Gasteiger partial charge is 0.310 e. The van der Waals surface area contributed by atoms with Crippen LogP contribution in [0.1, 0.15) is 42.7 Å². The SMILES string of the molecule is C=C[C@H]1CC[C@@H]2[C@H]3CCc4cc(OC)c(OC)cc4[C@@H]3[C@H]3C[C@]21OC3=O. The minimum absolute atomic E-state index is 0.00103. The lowest BCUT2D eigenvalue weighted by atomic mass is 9.55. The zero-order valence-electron chi connectivity index (χ0n) is 15.5. The van der Waals surface area contributed by atoms with Crippen LogP contribution in [0.4, 0.5) is 0 Å². The van der Waals surface area contributed by atoms with Gasteiger partial charge < -0.3 is 14.2 Å². The quantitative estimate of drug-likeness (QED) is 0.610. The van der Waals surface area contributed by atoms with E-state index in [0.29, 0.717) is 17.8 Å². The molecule has 1 heterocycles. The number of carbonyl (C=O) groups is 1. The molecule has 26 heavy (non-hydrogen) atoms. The van der Waals surface area contributed by atoms with Crippen LogP contribution in [0.25, 0.3) is 0 Å². The summed E-state index contributed by atoms with van der Waals surface area (Å²) in [5.74, 6) is 3.02. The third-order valence-corrected chi connectivity index (χ3v) is 7.62. The van der Waals surface area contributed by atoms with E-state index in [-0.39, 0.29) is 23.4 Å². The number of rotatable bonds is 3. The van der Waals surface area contributed by atoms with Crippen molar-refractivity contribution in [2.75, 3.05) is 14.2 Å². The molecule has 3 aliphatic carbocycles. The maximum atomic E-state index is 12.9. The molecule has 2 bridgehead atoms. The first-order valence-electron chi connectivity index (χ1n) is 9.73. The highest BCUT2D eigenvalue weighted by molar-refractivity contribution is 5.78. The molecule has 2 saturated carbocycles. The minimum atomic E-state index is -0.279. The fraction of sp³-hybridized carbons (Fsp3) is 0.591. The largest absolute Gasteiger partial charge is 0.493 e. The molecule has 4 heteroatoms. The lowest BCUT2D eigenvalue weighted by Crippen LogP contribution is -2.48. The number of aryl methyl sites for hydroxylation is 1. The first-order valence-corrected chi connectivity index (χ1v) is 9.73. The van der Waals surface area contributed by atoms with Crippen molar-refractivity contribution in [2.24, 2.45) is 23.7 Å². The normalized spacial score (nSPS) is 39.5. The Balaban J connectivity index is 1.63. The predicted molar refractivity (Wildman–Crippen MR) is 97.4 cm³/mol. The summed E-state index contributed by atoms with van der Waals surface area (Å²) >= 11 is 0. The summed E-state index contributed by atoms with van der Waals surface area (Å²) in [7, 11) is 3.35. The highest BCUT2D eigenvalue weighted by atomic mass is 16.6.